The number of aromatic nitrogens is 2. The average molecular weight is 578 g/mol. The molecule has 5 nitrogen and oxygen atoms in total. The number of thiocarbonyl (C=S) groups is 1. The lowest BCUT2D eigenvalue weighted by Crippen LogP contribution is -2.27. The average Bonchev–Trinajstić information content (AvgIpc) is 3.54. The molecule has 8 heteroatoms. The molecule has 1 aromatic heterocycles. The maximum absolute atomic E-state index is 14.0. The van der Waals surface area contributed by atoms with Crippen molar-refractivity contribution in [1.82, 2.24) is 14.7 Å². The van der Waals surface area contributed by atoms with E-state index in [0.717, 1.165) is 22.4 Å². The van der Waals surface area contributed by atoms with E-state index in [9.17, 15) is 9.18 Å². The lowest BCUT2D eigenvalue weighted by Gasteiger charge is -2.14. The van der Waals surface area contributed by atoms with Gasteiger partial charge in [0.05, 0.1) is 22.8 Å². The second-order valence-corrected chi connectivity index (χ2v) is 11.0. The van der Waals surface area contributed by atoms with E-state index in [0.29, 0.717) is 32.8 Å². The summed E-state index contributed by atoms with van der Waals surface area (Å²) in [6.07, 6.45) is 3.77. The first kappa shape index (κ1) is 26.7. The third-order valence-corrected chi connectivity index (χ3v) is 7.96. The van der Waals surface area contributed by atoms with Crippen LogP contribution >= 0.6 is 24.0 Å². The van der Waals surface area contributed by atoms with Gasteiger partial charge >= 0.3 is 0 Å². The molecule has 202 valence electrons. The molecule has 0 atom stereocenters. The third kappa shape index (κ3) is 5.99. The summed E-state index contributed by atoms with van der Waals surface area (Å²) < 4.78 is 22.1. The van der Waals surface area contributed by atoms with Gasteiger partial charge in [-0.3, -0.25) is 9.69 Å². The van der Waals surface area contributed by atoms with Crippen molar-refractivity contribution in [3.8, 4) is 22.7 Å². The van der Waals surface area contributed by atoms with E-state index in [1.807, 2.05) is 97.2 Å². The van der Waals surface area contributed by atoms with Crippen LogP contribution in [-0.4, -0.2) is 24.9 Å². The fourth-order valence-electron chi connectivity index (χ4n) is 4.46. The molecule has 5 aromatic rings. The van der Waals surface area contributed by atoms with Crippen LogP contribution in [0.5, 0.6) is 5.75 Å². The molecule has 1 aliphatic heterocycles. The van der Waals surface area contributed by atoms with Crippen molar-refractivity contribution in [1.29, 1.82) is 0 Å². The quantitative estimate of drug-likeness (QED) is 0.140. The number of carbonyl (C=O) groups excluding carboxylic acids is 1. The molecular formula is C33H24FN3O2S2. The Labute approximate surface area is 246 Å². The van der Waals surface area contributed by atoms with Gasteiger partial charge in [0.2, 0.25) is 0 Å². The Morgan fingerprint density at radius 1 is 0.878 bits per heavy atom. The molecule has 0 aliphatic carbocycles. The number of hydrogen-bond donors (Lipinski definition) is 0. The first-order valence-corrected chi connectivity index (χ1v) is 14.2. The Hall–Kier alpha value is -4.53. The first-order valence-electron chi connectivity index (χ1n) is 13.0. The van der Waals surface area contributed by atoms with Gasteiger partial charge in [0, 0.05) is 22.9 Å². The second kappa shape index (κ2) is 11.9. The first-order chi connectivity index (χ1) is 20.0. The molecule has 0 radical (unpaired) electrons. The Bertz CT molecular complexity index is 1740. The molecule has 0 saturated carbocycles. The fourth-order valence-corrected chi connectivity index (χ4v) is 5.71. The minimum atomic E-state index is -0.297. The van der Waals surface area contributed by atoms with Crippen molar-refractivity contribution in [3.05, 3.63) is 143 Å². The topological polar surface area (TPSA) is 47.4 Å². The van der Waals surface area contributed by atoms with E-state index >= 15 is 0 Å². The van der Waals surface area contributed by atoms with Crippen LogP contribution in [-0.2, 0) is 17.9 Å². The van der Waals surface area contributed by atoms with Crippen molar-refractivity contribution in [2.75, 3.05) is 0 Å². The Morgan fingerprint density at radius 2 is 1.56 bits per heavy atom. The summed E-state index contributed by atoms with van der Waals surface area (Å²) in [6, 6.07) is 33.6. The van der Waals surface area contributed by atoms with E-state index in [1.54, 1.807) is 27.8 Å². The fraction of sp³-hybridized carbons (Fsp3) is 0.0606. The highest BCUT2D eigenvalue weighted by molar-refractivity contribution is 8.26. The summed E-state index contributed by atoms with van der Waals surface area (Å²) in [7, 11) is 0. The van der Waals surface area contributed by atoms with Crippen LogP contribution in [0.3, 0.4) is 0 Å². The summed E-state index contributed by atoms with van der Waals surface area (Å²) >= 11 is 6.86. The van der Waals surface area contributed by atoms with Gasteiger partial charge in [0.15, 0.2) is 0 Å². The van der Waals surface area contributed by atoms with Crippen molar-refractivity contribution in [2.45, 2.75) is 13.2 Å². The SMILES string of the molecule is O=C1C(=Cc2cn(-c3ccccc3)nc2-c2ccc(OCc3ccccc3F)cc2)SC(=S)N1Cc1ccccc1. The van der Waals surface area contributed by atoms with Crippen LogP contribution in [0.15, 0.2) is 120 Å². The van der Waals surface area contributed by atoms with Gasteiger partial charge in [-0.15, -0.1) is 0 Å². The highest BCUT2D eigenvalue weighted by Crippen LogP contribution is 2.36. The maximum atomic E-state index is 14.0. The summed E-state index contributed by atoms with van der Waals surface area (Å²) in [5, 5.41) is 4.87. The van der Waals surface area contributed by atoms with Crippen LogP contribution < -0.4 is 4.74 Å². The van der Waals surface area contributed by atoms with E-state index in [-0.39, 0.29) is 18.3 Å². The molecule has 6 rings (SSSR count). The number of benzene rings is 4. The minimum absolute atomic E-state index is 0.126. The predicted octanol–water partition coefficient (Wildman–Crippen LogP) is 7.66. The molecule has 1 saturated heterocycles. The standard InChI is InChI=1S/C33H24FN3O2S2/c34-29-14-8-7-11-25(29)22-39-28-17-15-24(16-18-28)31-26(21-37(35-31)27-12-5-2-6-13-27)19-30-32(38)36(33(40)41-30)20-23-9-3-1-4-10-23/h1-19,21H,20,22H2. The molecular weight excluding hydrogens is 554 g/mol. The molecule has 41 heavy (non-hydrogen) atoms. The summed E-state index contributed by atoms with van der Waals surface area (Å²) in [6.45, 7) is 0.554. The monoisotopic (exact) mass is 577 g/mol. The summed E-state index contributed by atoms with van der Waals surface area (Å²) in [5.74, 6) is 0.191. The van der Waals surface area contributed by atoms with Crippen LogP contribution in [0.2, 0.25) is 0 Å². The lowest BCUT2D eigenvalue weighted by molar-refractivity contribution is -0.122. The highest BCUT2D eigenvalue weighted by atomic mass is 32.2. The molecule has 0 spiro atoms. The second-order valence-electron chi connectivity index (χ2n) is 9.37. The zero-order valence-electron chi connectivity index (χ0n) is 21.8. The zero-order chi connectivity index (χ0) is 28.2. The Balaban J connectivity index is 1.29. The van der Waals surface area contributed by atoms with Crippen LogP contribution in [0.25, 0.3) is 23.0 Å². The smallest absolute Gasteiger partial charge is 0.266 e. The number of thioether (sulfide) groups is 1. The van der Waals surface area contributed by atoms with Gasteiger partial charge in [-0.1, -0.05) is 90.7 Å². The van der Waals surface area contributed by atoms with E-state index < -0.39 is 0 Å². The van der Waals surface area contributed by atoms with Gasteiger partial charge in [0.25, 0.3) is 5.91 Å². The van der Waals surface area contributed by atoms with Crippen LogP contribution in [0, 0.1) is 5.82 Å². The highest BCUT2D eigenvalue weighted by Gasteiger charge is 2.32. The summed E-state index contributed by atoms with van der Waals surface area (Å²) in [4.78, 5) is 15.6. The Morgan fingerprint density at radius 3 is 2.29 bits per heavy atom. The molecule has 1 amide bonds. The minimum Gasteiger partial charge on any atom is -0.489 e. The summed E-state index contributed by atoms with van der Waals surface area (Å²) in [5.41, 5.74) is 4.75. The third-order valence-electron chi connectivity index (χ3n) is 6.59. The molecule has 2 heterocycles. The van der Waals surface area contributed by atoms with E-state index in [1.165, 1.54) is 17.8 Å². The largest absolute Gasteiger partial charge is 0.489 e. The number of rotatable bonds is 8. The molecule has 0 bridgehead atoms. The number of halogens is 1. The van der Waals surface area contributed by atoms with Gasteiger partial charge in [-0.2, -0.15) is 5.10 Å². The number of para-hydroxylation sites is 1. The van der Waals surface area contributed by atoms with Gasteiger partial charge in [-0.05, 0) is 54.1 Å². The van der Waals surface area contributed by atoms with Crippen molar-refractivity contribution >= 4 is 40.3 Å². The van der Waals surface area contributed by atoms with Crippen molar-refractivity contribution < 1.29 is 13.9 Å². The van der Waals surface area contributed by atoms with Crippen molar-refractivity contribution in [3.63, 3.8) is 0 Å². The van der Waals surface area contributed by atoms with E-state index in [2.05, 4.69) is 0 Å². The normalized spacial score (nSPS) is 14.2. The number of nitrogens with zero attached hydrogens (tertiary/aromatic N) is 3. The molecule has 0 unspecified atom stereocenters. The van der Waals surface area contributed by atoms with Crippen molar-refractivity contribution in [2.24, 2.45) is 0 Å². The van der Waals surface area contributed by atoms with Gasteiger partial charge in [0.1, 0.15) is 22.5 Å². The number of hydrogen-bond acceptors (Lipinski definition) is 5. The maximum Gasteiger partial charge on any atom is 0.266 e. The zero-order valence-corrected chi connectivity index (χ0v) is 23.4. The number of amides is 1. The molecule has 4 aromatic carbocycles. The van der Waals surface area contributed by atoms with Crippen LogP contribution in [0.1, 0.15) is 16.7 Å². The molecule has 0 N–H and O–H groups in total. The lowest BCUT2D eigenvalue weighted by atomic mass is 10.1. The van der Waals surface area contributed by atoms with E-state index in [4.69, 9.17) is 22.1 Å². The molecule has 1 fully saturated rings. The molecule has 1 aliphatic rings. The Kier molecular flexibility index (Phi) is 7.75. The van der Waals surface area contributed by atoms with Crippen LogP contribution in [0.4, 0.5) is 4.39 Å². The number of carbonyl (C=O) groups is 1. The van der Waals surface area contributed by atoms with Gasteiger partial charge in [-0.25, -0.2) is 9.07 Å². The van der Waals surface area contributed by atoms with Gasteiger partial charge < -0.3 is 4.74 Å². The number of ether oxygens (including phenoxy) is 1. The predicted molar refractivity (Wildman–Crippen MR) is 165 cm³/mol.